The molecule has 0 saturated heterocycles. The summed E-state index contributed by atoms with van der Waals surface area (Å²) < 4.78 is 12.4. The molecule has 0 spiro atoms. The number of amides is 1. The fraction of sp³-hybridized carbons (Fsp3) is 0.235. The zero-order chi connectivity index (χ0) is 18.5. The predicted molar refractivity (Wildman–Crippen MR) is 101 cm³/mol. The maximum Gasteiger partial charge on any atom is 0.234 e. The second-order valence-corrected chi connectivity index (χ2v) is 6.56. The van der Waals surface area contributed by atoms with Crippen LogP contribution in [0.15, 0.2) is 46.2 Å². The molecular formula is C17H17ClN4O3S. The summed E-state index contributed by atoms with van der Waals surface area (Å²) in [5, 5.41) is 12.2. The first-order valence-electron chi connectivity index (χ1n) is 7.85. The highest BCUT2D eigenvalue weighted by Crippen LogP contribution is 2.28. The number of methoxy groups -OCH3 is 1. The lowest BCUT2D eigenvalue weighted by atomic mass is 10.3. The number of hydrogen-bond donors (Lipinski definition) is 1. The lowest BCUT2D eigenvalue weighted by Gasteiger charge is -2.08. The number of anilines is 1. The fourth-order valence-corrected chi connectivity index (χ4v) is 3.40. The molecule has 0 radical (unpaired) electrons. The minimum atomic E-state index is -0.165. The van der Waals surface area contributed by atoms with Crippen molar-refractivity contribution >= 4 is 35.0 Å². The summed E-state index contributed by atoms with van der Waals surface area (Å²) in [4.78, 5) is 12.2. The van der Waals surface area contributed by atoms with E-state index in [4.69, 9.17) is 20.8 Å². The van der Waals surface area contributed by atoms with Crippen LogP contribution in [0.25, 0.3) is 11.6 Å². The quantitative estimate of drug-likeness (QED) is 0.613. The van der Waals surface area contributed by atoms with Gasteiger partial charge in [0.25, 0.3) is 0 Å². The van der Waals surface area contributed by atoms with Gasteiger partial charge in [-0.1, -0.05) is 23.4 Å². The number of nitrogens with zero attached hydrogens (tertiary/aromatic N) is 3. The van der Waals surface area contributed by atoms with Gasteiger partial charge in [0, 0.05) is 12.2 Å². The molecule has 0 bridgehead atoms. The van der Waals surface area contributed by atoms with Crippen LogP contribution in [-0.4, -0.2) is 33.5 Å². The number of furan rings is 1. The molecule has 0 aliphatic heterocycles. The maximum absolute atomic E-state index is 12.2. The smallest absolute Gasteiger partial charge is 0.234 e. The van der Waals surface area contributed by atoms with Crippen molar-refractivity contribution in [3.63, 3.8) is 0 Å². The third kappa shape index (κ3) is 4.03. The Morgan fingerprint density at radius 3 is 2.88 bits per heavy atom. The Labute approximate surface area is 159 Å². The van der Waals surface area contributed by atoms with Crippen LogP contribution in [0.2, 0.25) is 5.02 Å². The van der Waals surface area contributed by atoms with E-state index in [0.29, 0.717) is 39.7 Å². The van der Waals surface area contributed by atoms with E-state index in [1.165, 1.54) is 18.9 Å². The molecule has 26 heavy (non-hydrogen) atoms. The molecule has 0 saturated carbocycles. The average molecular weight is 393 g/mol. The van der Waals surface area contributed by atoms with Gasteiger partial charge in [-0.15, -0.1) is 10.2 Å². The van der Waals surface area contributed by atoms with E-state index in [-0.39, 0.29) is 11.7 Å². The topological polar surface area (TPSA) is 82.2 Å². The van der Waals surface area contributed by atoms with Crippen LogP contribution in [0.5, 0.6) is 5.75 Å². The van der Waals surface area contributed by atoms with Crippen LogP contribution in [0.4, 0.5) is 5.69 Å². The second-order valence-electron chi connectivity index (χ2n) is 5.21. The number of halogens is 1. The molecule has 0 aliphatic carbocycles. The summed E-state index contributed by atoms with van der Waals surface area (Å²) in [5.74, 6) is 1.87. The van der Waals surface area contributed by atoms with Crippen LogP contribution >= 0.6 is 23.4 Å². The molecule has 0 aliphatic rings. The number of aromatic nitrogens is 3. The number of benzene rings is 1. The summed E-state index contributed by atoms with van der Waals surface area (Å²) in [7, 11) is 1.54. The number of nitrogens with one attached hydrogen (secondary N) is 1. The van der Waals surface area contributed by atoms with Crippen molar-refractivity contribution in [2.24, 2.45) is 0 Å². The van der Waals surface area contributed by atoms with Crippen molar-refractivity contribution in [1.29, 1.82) is 0 Å². The van der Waals surface area contributed by atoms with Crippen LogP contribution in [-0.2, 0) is 11.3 Å². The number of carbonyl (C=O) groups excluding carboxylic acids is 1. The molecule has 0 unspecified atom stereocenters. The molecule has 1 amide bonds. The lowest BCUT2D eigenvalue weighted by molar-refractivity contribution is -0.113. The number of carbonyl (C=O) groups is 1. The first kappa shape index (κ1) is 18.3. The van der Waals surface area contributed by atoms with Crippen LogP contribution < -0.4 is 10.1 Å². The molecule has 3 aromatic rings. The van der Waals surface area contributed by atoms with E-state index < -0.39 is 0 Å². The number of thioether (sulfide) groups is 1. The van der Waals surface area contributed by atoms with E-state index in [9.17, 15) is 4.79 Å². The standard InChI is InChI=1S/C17H17ClN4O3S/c1-3-22-16(14-5-4-8-25-14)20-21-17(22)26-10-15(23)19-11-6-7-13(24-2)12(18)9-11/h4-9H,3,10H2,1-2H3,(H,19,23). The minimum absolute atomic E-state index is 0.165. The summed E-state index contributed by atoms with van der Waals surface area (Å²) in [6.45, 7) is 2.65. The van der Waals surface area contributed by atoms with E-state index in [0.717, 1.165) is 0 Å². The molecule has 136 valence electrons. The van der Waals surface area contributed by atoms with Gasteiger partial charge in [-0.3, -0.25) is 9.36 Å². The van der Waals surface area contributed by atoms with Crippen molar-refractivity contribution in [2.45, 2.75) is 18.6 Å². The van der Waals surface area contributed by atoms with Crippen LogP contribution in [0.1, 0.15) is 6.92 Å². The van der Waals surface area contributed by atoms with Gasteiger partial charge in [0.05, 0.1) is 24.1 Å². The van der Waals surface area contributed by atoms with Gasteiger partial charge < -0.3 is 14.5 Å². The van der Waals surface area contributed by atoms with Crippen molar-refractivity contribution < 1.29 is 13.9 Å². The van der Waals surface area contributed by atoms with Gasteiger partial charge in [0.15, 0.2) is 16.7 Å². The van der Waals surface area contributed by atoms with E-state index >= 15 is 0 Å². The van der Waals surface area contributed by atoms with Crippen molar-refractivity contribution in [2.75, 3.05) is 18.2 Å². The summed E-state index contributed by atoms with van der Waals surface area (Å²) >= 11 is 7.37. The van der Waals surface area contributed by atoms with Crippen molar-refractivity contribution in [3.8, 4) is 17.3 Å². The van der Waals surface area contributed by atoms with Gasteiger partial charge in [0.2, 0.25) is 5.91 Å². The van der Waals surface area contributed by atoms with Gasteiger partial charge in [-0.2, -0.15) is 0 Å². The average Bonchev–Trinajstić information content (AvgIpc) is 3.29. The predicted octanol–water partition coefficient (Wildman–Crippen LogP) is 3.95. The third-order valence-electron chi connectivity index (χ3n) is 3.54. The zero-order valence-electron chi connectivity index (χ0n) is 14.2. The number of rotatable bonds is 7. The summed E-state index contributed by atoms with van der Waals surface area (Å²) in [6, 6.07) is 8.70. The Hall–Kier alpha value is -2.45. The molecule has 0 fully saturated rings. The minimum Gasteiger partial charge on any atom is -0.495 e. The van der Waals surface area contributed by atoms with Gasteiger partial charge in [-0.05, 0) is 37.3 Å². The SMILES string of the molecule is CCn1c(SCC(=O)Nc2ccc(OC)c(Cl)c2)nnc1-c1ccco1. The Kier molecular flexibility index (Phi) is 5.85. The first-order valence-corrected chi connectivity index (χ1v) is 9.22. The Bertz CT molecular complexity index is 896. The van der Waals surface area contributed by atoms with Crippen LogP contribution in [0, 0.1) is 0 Å². The molecule has 1 aromatic carbocycles. The third-order valence-corrected chi connectivity index (χ3v) is 4.80. The van der Waals surface area contributed by atoms with Gasteiger partial charge in [-0.25, -0.2) is 0 Å². The lowest BCUT2D eigenvalue weighted by Crippen LogP contribution is -2.14. The van der Waals surface area contributed by atoms with Gasteiger partial charge >= 0.3 is 0 Å². The van der Waals surface area contributed by atoms with E-state index in [1.807, 2.05) is 17.6 Å². The van der Waals surface area contributed by atoms with E-state index in [2.05, 4.69) is 15.5 Å². The zero-order valence-corrected chi connectivity index (χ0v) is 15.8. The highest BCUT2D eigenvalue weighted by Gasteiger charge is 2.16. The monoisotopic (exact) mass is 392 g/mol. The largest absolute Gasteiger partial charge is 0.495 e. The molecule has 1 N–H and O–H groups in total. The number of hydrogen-bond acceptors (Lipinski definition) is 6. The molecule has 7 nitrogen and oxygen atoms in total. The summed E-state index contributed by atoms with van der Waals surface area (Å²) in [6.07, 6.45) is 1.59. The first-order chi connectivity index (χ1) is 12.6. The Morgan fingerprint density at radius 1 is 1.38 bits per heavy atom. The summed E-state index contributed by atoms with van der Waals surface area (Å²) in [5.41, 5.74) is 0.606. The molecule has 2 heterocycles. The highest BCUT2D eigenvalue weighted by atomic mass is 35.5. The molecule has 9 heteroatoms. The van der Waals surface area contributed by atoms with Crippen molar-refractivity contribution in [1.82, 2.24) is 14.8 Å². The second kappa shape index (κ2) is 8.29. The van der Waals surface area contributed by atoms with E-state index in [1.54, 1.807) is 30.5 Å². The van der Waals surface area contributed by atoms with Crippen molar-refractivity contribution in [3.05, 3.63) is 41.6 Å². The normalized spacial score (nSPS) is 10.7. The molecular weight excluding hydrogens is 376 g/mol. The number of ether oxygens (including phenoxy) is 1. The molecule has 0 atom stereocenters. The Morgan fingerprint density at radius 2 is 2.23 bits per heavy atom. The van der Waals surface area contributed by atoms with Gasteiger partial charge in [0.1, 0.15) is 5.75 Å². The Balaban J connectivity index is 1.64. The highest BCUT2D eigenvalue weighted by molar-refractivity contribution is 7.99. The fourth-order valence-electron chi connectivity index (χ4n) is 2.34. The molecule has 3 rings (SSSR count). The molecule has 2 aromatic heterocycles. The maximum atomic E-state index is 12.2. The van der Waals surface area contributed by atoms with Crippen LogP contribution in [0.3, 0.4) is 0 Å².